The highest BCUT2D eigenvalue weighted by Crippen LogP contribution is 2.19. The van der Waals surface area contributed by atoms with Crippen molar-refractivity contribution in [2.75, 3.05) is 0 Å². The zero-order valence-corrected chi connectivity index (χ0v) is 13.6. The highest BCUT2D eigenvalue weighted by molar-refractivity contribution is 5.93. The van der Waals surface area contributed by atoms with E-state index >= 15 is 0 Å². The van der Waals surface area contributed by atoms with E-state index in [2.05, 4.69) is 20.4 Å². The second kappa shape index (κ2) is 7.02. The topological polar surface area (TPSA) is 94.1 Å². The highest BCUT2D eigenvalue weighted by atomic mass is 16.5. The molecular formula is C19H14N4O3. The maximum Gasteiger partial charge on any atom is 0.273 e. The van der Waals surface area contributed by atoms with Crippen molar-refractivity contribution in [3.8, 4) is 22.6 Å². The van der Waals surface area contributed by atoms with E-state index in [0.29, 0.717) is 12.3 Å². The second-order valence-electron chi connectivity index (χ2n) is 5.56. The van der Waals surface area contributed by atoms with Gasteiger partial charge in [0, 0.05) is 42.3 Å². The van der Waals surface area contributed by atoms with Gasteiger partial charge in [0.05, 0.1) is 18.2 Å². The molecule has 7 heteroatoms. The number of carbonyl (C=O) groups is 1. The number of rotatable bonds is 5. The minimum absolute atomic E-state index is 0.215. The van der Waals surface area contributed by atoms with E-state index < -0.39 is 0 Å². The summed E-state index contributed by atoms with van der Waals surface area (Å²) in [6.45, 7) is 0.340. The molecule has 4 aromatic rings. The molecule has 0 atom stereocenters. The van der Waals surface area contributed by atoms with Gasteiger partial charge in [-0.15, -0.1) is 0 Å². The Bertz CT molecular complexity index is 993. The zero-order chi connectivity index (χ0) is 17.8. The number of carbonyl (C=O) groups excluding carboxylic acids is 1. The Morgan fingerprint density at radius 3 is 2.81 bits per heavy atom. The average molecular weight is 346 g/mol. The number of amides is 1. The lowest BCUT2D eigenvalue weighted by Crippen LogP contribution is -2.23. The number of furan rings is 1. The lowest BCUT2D eigenvalue weighted by molar-refractivity contribution is 0.0942. The Morgan fingerprint density at radius 1 is 1.12 bits per heavy atom. The molecule has 4 rings (SSSR count). The third-order valence-corrected chi connectivity index (χ3v) is 3.78. The fourth-order valence-corrected chi connectivity index (χ4v) is 2.41. The maximum absolute atomic E-state index is 12.2. The third-order valence-electron chi connectivity index (χ3n) is 3.78. The minimum Gasteiger partial charge on any atom is -0.472 e. The molecule has 0 bridgehead atoms. The van der Waals surface area contributed by atoms with Gasteiger partial charge in [0.25, 0.3) is 5.91 Å². The van der Waals surface area contributed by atoms with Crippen LogP contribution in [-0.2, 0) is 6.54 Å². The van der Waals surface area contributed by atoms with E-state index in [1.165, 1.54) is 0 Å². The van der Waals surface area contributed by atoms with E-state index in [1.54, 1.807) is 43.2 Å². The van der Waals surface area contributed by atoms with E-state index in [4.69, 9.17) is 8.94 Å². The summed E-state index contributed by atoms with van der Waals surface area (Å²) >= 11 is 0. The number of aromatic nitrogens is 3. The van der Waals surface area contributed by atoms with Gasteiger partial charge in [0.1, 0.15) is 0 Å². The lowest BCUT2D eigenvalue weighted by Gasteiger charge is -2.03. The molecule has 0 aliphatic rings. The first-order chi connectivity index (χ1) is 12.8. The first-order valence-electron chi connectivity index (χ1n) is 7.92. The van der Waals surface area contributed by atoms with Gasteiger partial charge in [0.15, 0.2) is 11.5 Å². The van der Waals surface area contributed by atoms with Crippen LogP contribution >= 0.6 is 0 Å². The zero-order valence-electron chi connectivity index (χ0n) is 13.6. The molecule has 0 aliphatic carbocycles. The van der Waals surface area contributed by atoms with E-state index in [-0.39, 0.29) is 11.6 Å². The normalized spacial score (nSPS) is 10.6. The smallest absolute Gasteiger partial charge is 0.273 e. The molecule has 4 heterocycles. The van der Waals surface area contributed by atoms with Gasteiger partial charge in [-0.2, -0.15) is 0 Å². The van der Waals surface area contributed by atoms with Crippen molar-refractivity contribution >= 4 is 5.91 Å². The molecule has 128 valence electrons. The van der Waals surface area contributed by atoms with Crippen molar-refractivity contribution in [2.45, 2.75) is 6.54 Å². The summed E-state index contributed by atoms with van der Waals surface area (Å²) in [7, 11) is 0. The van der Waals surface area contributed by atoms with Crippen LogP contribution in [0.3, 0.4) is 0 Å². The van der Waals surface area contributed by atoms with Crippen LogP contribution in [0.15, 0.2) is 76.5 Å². The fraction of sp³-hybridized carbons (Fsp3) is 0.0526. The number of hydrogen-bond donors (Lipinski definition) is 1. The van der Waals surface area contributed by atoms with Gasteiger partial charge in [-0.3, -0.25) is 14.8 Å². The molecule has 4 aromatic heterocycles. The largest absolute Gasteiger partial charge is 0.472 e. The molecule has 0 saturated carbocycles. The van der Waals surface area contributed by atoms with E-state index in [0.717, 1.165) is 22.4 Å². The van der Waals surface area contributed by atoms with Crippen LogP contribution in [-0.4, -0.2) is 21.0 Å². The quantitative estimate of drug-likeness (QED) is 0.596. The third kappa shape index (κ3) is 3.36. The molecule has 26 heavy (non-hydrogen) atoms. The summed E-state index contributed by atoms with van der Waals surface area (Å²) in [5.41, 5.74) is 3.57. The van der Waals surface area contributed by atoms with Gasteiger partial charge >= 0.3 is 0 Å². The molecule has 0 aromatic carbocycles. The monoisotopic (exact) mass is 346 g/mol. The Labute approximate surface area is 148 Å². The van der Waals surface area contributed by atoms with Crippen molar-refractivity contribution in [2.24, 2.45) is 0 Å². The molecule has 0 unspecified atom stereocenters. The van der Waals surface area contributed by atoms with Gasteiger partial charge in [-0.05, 0) is 29.8 Å². The Balaban J connectivity index is 1.39. The summed E-state index contributed by atoms with van der Waals surface area (Å²) in [5.74, 6) is 0.178. The van der Waals surface area contributed by atoms with E-state index in [1.807, 2.05) is 24.3 Å². The first-order valence-corrected chi connectivity index (χ1v) is 7.92. The molecule has 0 saturated heterocycles. The molecule has 0 spiro atoms. The molecular weight excluding hydrogens is 332 g/mol. The summed E-state index contributed by atoms with van der Waals surface area (Å²) in [5, 5.41) is 6.61. The van der Waals surface area contributed by atoms with Crippen LogP contribution in [0.25, 0.3) is 22.6 Å². The first kappa shape index (κ1) is 15.8. The van der Waals surface area contributed by atoms with Gasteiger partial charge in [-0.25, -0.2) is 0 Å². The van der Waals surface area contributed by atoms with Crippen LogP contribution in [0.5, 0.6) is 0 Å². The SMILES string of the molecule is O=C(NCc1ccc(-c2ccoc2)nc1)c1cc(-c2cccnc2)on1. The summed E-state index contributed by atoms with van der Waals surface area (Å²) in [4.78, 5) is 20.6. The minimum atomic E-state index is -0.317. The lowest BCUT2D eigenvalue weighted by atomic mass is 10.2. The molecule has 0 radical (unpaired) electrons. The summed E-state index contributed by atoms with van der Waals surface area (Å²) < 4.78 is 10.3. The Kier molecular flexibility index (Phi) is 4.26. The van der Waals surface area contributed by atoms with Crippen molar-refractivity contribution in [3.63, 3.8) is 0 Å². The second-order valence-corrected chi connectivity index (χ2v) is 5.56. The van der Waals surface area contributed by atoms with Gasteiger partial charge in [-0.1, -0.05) is 11.2 Å². The van der Waals surface area contributed by atoms with Crippen LogP contribution in [0.4, 0.5) is 0 Å². The Morgan fingerprint density at radius 2 is 2.08 bits per heavy atom. The van der Waals surface area contributed by atoms with Gasteiger partial charge in [0.2, 0.25) is 0 Å². The predicted octanol–water partition coefficient (Wildman–Crippen LogP) is 3.32. The molecule has 7 nitrogen and oxygen atoms in total. The molecule has 0 aliphatic heterocycles. The van der Waals surface area contributed by atoms with Crippen molar-refractivity contribution in [3.05, 3.63) is 78.8 Å². The molecule has 1 amide bonds. The van der Waals surface area contributed by atoms with Crippen molar-refractivity contribution < 1.29 is 13.7 Å². The maximum atomic E-state index is 12.2. The number of nitrogens with zero attached hydrogens (tertiary/aromatic N) is 3. The fourth-order valence-electron chi connectivity index (χ4n) is 2.41. The summed E-state index contributed by atoms with van der Waals surface area (Å²) in [6.07, 6.45) is 8.26. The number of hydrogen-bond acceptors (Lipinski definition) is 6. The van der Waals surface area contributed by atoms with Gasteiger partial charge < -0.3 is 14.3 Å². The highest BCUT2D eigenvalue weighted by Gasteiger charge is 2.13. The van der Waals surface area contributed by atoms with Crippen LogP contribution in [0, 0.1) is 0 Å². The van der Waals surface area contributed by atoms with Crippen LogP contribution in [0.1, 0.15) is 16.1 Å². The standard InChI is InChI=1S/C19H14N4O3/c24-19(17-8-18(26-23-17)14-2-1-6-20-11-14)22-10-13-3-4-16(21-9-13)15-5-7-25-12-15/h1-9,11-12H,10H2,(H,22,24). The molecule has 0 fully saturated rings. The van der Waals surface area contributed by atoms with Crippen LogP contribution in [0.2, 0.25) is 0 Å². The summed E-state index contributed by atoms with van der Waals surface area (Å²) in [6, 6.07) is 10.8. The Hall–Kier alpha value is -3.74. The van der Waals surface area contributed by atoms with E-state index in [9.17, 15) is 4.79 Å². The number of pyridine rings is 2. The predicted molar refractivity (Wildman–Crippen MR) is 92.8 cm³/mol. The average Bonchev–Trinajstić information content (AvgIpc) is 3.39. The van der Waals surface area contributed by atoms with Crippen LogP contribution < -0.4 is 5.32 Å². The van der Waals surface area contributed by atoms with Crippen molar-refractivity contribution in [1.82, 2.24) is 20.4 Å². The van der Waals surface area contributed by atoms with Crippen molar-refractivity contribution in [1.29, 1.82) is 0 Å². The molecule has 1 N–H and O–H groups in total. The number of nitrogens with one attached hydrogen (secondary N) is 1.